The number of aldehydes is 1. The van der Waals surface area contributed by atoms with Gasteiger partial charge >= 0.3 is 0 Å². The van der Waals surface area contributed by atoms with Gasteiger partial charge in [-0.25, -0.2) is 10.5 Å². The molecule has 5 aliphatic rings. The first-order chi connectivity index (χ1) is 14.9. The lowest BCUT2D eigenvalue weighted by Gasteiger charge is -2.57. The highest BCUT2D eigenvalue weighted by Crippen LogP contribution is 2.66. The van der Waals surface area contributed by atoms with Crippen LogP contribution in [0.1, 0.15) is 70.8 Å². The molecule has 1 spiro atoms. The van der Waals surface area contributed by atoms with E-state index in [0.717, 1.165) is 44.0 Å². The van der Waals surface area contributed by atoms with Crippen molar-refractivity contribution in [1.82, 2.24) is 15.9 Å². The van der Waals surface area contributed by atoms with E-state index in [9.17, 15) is 9.59 Å². The predicted molar refractivity (Wildman–Crippen MR) is 117 cm³/mol. The fraction of sp³-hybridized carbons (Fsp3) is 0.680. The summed E-state index contributed by atoms with van der Waals surface area (Å²) in [4.78, 5) is 32.2. The molecule has 6 nitrogen and oxygen atoms in total. The molecule has 2 aliphatic heterocycles. The van der Waals surface area contributed by atoms with Crippen molar-refractivity contribution in [3.63, 3.8) is 0 Å². The molecule has 1 aromatic rings. The summed E-state index contributed by atoms with van der Waals surface area (Å²) in [6.45, 7) is 4.74. The minimum Gasteiger partial charge on any atom is -0.302 e. The zero-order valence-corrected chi connectivity index (χ0v) is 18.7. The van der Waals surface area contributed by atoms with Crippen LogP contribution < -0.4 is 10.9 Å². The number of hydrogen-bond donors (Lipinski definition) is 2. The minimum absolute atomic E-state index is 0.0231. The van der Waals surface area contributed by atoms with E-state index in [-0.39, 0.29) is 22.9 Å². The lowest BCUT2D eigenvalue weighted by molar-refractivity contribution is -0.256. The van der Waals surface area contributed by atoms with Crippen molar-refractivity contribution in [3.8, 4) is 0 Å². The molecule has 0 aromatic heterocycles. The maximum atomic E-state index is 13.7. The van der Waals surface area contributed by atoms with Gasteiger partial charge in [-0.2, -0.15) is 0 Å². The number of nitrogens with one attached hydrogen (secondary N) is 2. The van der Waals surface area contributed by atoms with Gasteiger partial charge in [-0.05, 0) is 75.7 Å². The highest BCUT2D eigenvalue weighted by Gasteiger charge is 2.69. The Bertz CT molecular complexity index is 834. The van der Waals surface area contributed by atoms with Gasteiger partial charge in [0.15, 0.2) is 0 Å². The van der Waals surface area contributed by atoms with E-state index in [4.69, 9.17) is 4.84 Å². The van der Waals surface area contributed by atoms with Crippen molar-refractivity contribution in [2.24, 2.45) is 16.7 Å². The van der Waals surface area contributed by atoms with Crippen LogP contribution in [-0.4, -0.2) is 34.9 Å². The molecule has 6 heteroatoms. The van der Waals surface area contributed by atoms with Crippen molar-refractivity contribution in [1.29, 1.82) is 0 Å². The molecular weight excluding hydrogens is 390 g/mol. The van der Waals surface area contributed by atoms with Crippen LogP contribution in [0.3, 0.4) is 0 Å². The number of hydroxylamine groups is 2. The molecule has 168 valence electrons. The molecule has 1 amide bonds. The predicted octanol–water partition coefficient (Wildman–Crippen LogP) is 3.52. The first kappa shape index (κ1) is 21.1. The molecule has 2 unspecified atom stereocenters. The van der Waals surface area contributed by atoms with Gasteiger partial charge in [0.2, 0.25) is 0 Å². The van der Waals surface area contributed by atoms with Crippen LogP contribution in [0.25, 0.3) is 0 Å². The first-order valence-corrected chi connectivity index (χ1v) is 11.9. The third kappa shape index (κ3) is 3.53. The van der Waals surface area contributed by atoms with E-state index in [1.54, 1.807) is 5.06 Å². The number of rotatable bonds is 9. The average molecular weight is 426 g/mol. The summed E-state index contributed by atoms with van der Waals surface area (Å²) in [5.74, 6) is 0.577. The summed E-state index contributed by atoms with van der Waals surface area (Å²) >= 11 is 0. The maximum absolute atomic E-state index is 13.7. The second kappa shape index (κ2) is 7.68. The lowest BCUT2D eigenvalue weighted by atomic mass is 9.58. The van der Waals surface area contributed by atoms with Gasteiger partial charge in [-0.15, -0.1) is 0 Å². The molecule has 3 atom stereocenters. The molecule has 3 saturated carbocycles. The van der Waals surface area contributed by atoms with E-state index in [1.165, 1.54) is 19.3 Å². The van der Waals surface area contributed by atoms with Crippen LogP contribution >= 0.6 is 0 Å². The smallest absolute Gasteiger partial charge is 0.254 e. The third-order valence-corrected chi connectivity index (χ3v) is 8.66. The molecule has 0 radical (unpaired) electrons. The monoisotopic (exact) mass is 425 g/mol. The Morgan fingerprint density at radius 3 is 2.55 bits per heavy atom. The molecule has 5 fully saturated rings. The fourth-order valence-electron chi connectivity index (χ4n) is 6.18. The number of amides is 1. The molecular formula is C25H35N3O3. The Labute approximate surface area is 185 Å². The number of hydrogen-bond acceptors (Lipinski definition) is 5. The highest BCUT2D eigenvalue weighted by molar-refractivity contribution is 5.89. The van der Waals surface area contributed by atoms with E-state index >= 15 is 0 Å². The van der Waals surface area contributed by atoms with E-state index in [0.29, 0.717) is 12.5 Å². The average Bonchev–Trinajstić information content (AvgIpc) is 3.47. The summed E-state index contributed by atoms with van der Waals surface area (Å²) in [6, 6.07) is 9.54. The number of benzene rings is 1. The van der Waals surface area contributed by atoms with Gasteiger partial charge in [0.1, 0.15) is 12.9 Å². The standard InChI is InChI=1S/C25H35N3O3/c1-23(2,19-9-6-10-19)27-26-20(15-29)25-12-11-21(24(17-25)13-14-24)28(22(25)30)31-16-18-7-4-3-5-8-18/h3-5,7-8,15,19-21,26-27H,6,9-14,16-17H2,1-2H3/t20-,21?,25?/m0/s1. The number of carbonyl (C=O) groups excluding carboxylic acids is 2. The molecule has 2 bridgehead atoms. The quantitative estimate of drug-likeness (QED) is 0.468. The van der Waals surface area contributed by atoms with Gasteiger partial charge in [-0.3, -0.25) is 15.1 Å². The Morgan fingerprint density at radius 1 is 1.19 bits per heavy atom. The van der Waals surface area contributed by atoms with Crippen LogP contribution in [0.2, 0.25) is 0 Å². The molecule has 31 heavy (non-hydrogen) atoms. The summed E-state index contributed by atoms with van der Waals surface area (Å²) in [5.41, 5.74) is 7.08. The summed E-state index contributed by atoms with van der Waals surface area (Å²) in [5, 5.41) is 1.66. The lowest BCUT2D eigenvalue weighted by Crippen LogP contribution is -2.70. The topological polar surface area (TPSA) is 70.7 Å². The van der Waals surface area contributed by atoms with Gasteiger partial charge in [0.25, 0.3) is 5.91 Å². The van der Waals surface area contributed by atoms with Gasteiger partial charge < -0.3 is 4.79 Å². The van der Waals surface area contributed by atoms with E-state index in [1.807, 2.05) is 30.3 Å². The van der Waals surface area contributed by atoms with Crippen LogP contribution in [0.15, 0.2) is 30.3 Å². The Kier molecular flexibility index (Phi) is 5.23. The number of hydrazine groups is 1. The normalized spacial score (nSPS) is 30.3. The van der Waals surface area contributed by atoms with E-state index < -0.39 is 11.5 Å². The SMILES string of the molecule is CC(C)(NN[C@@H](C=O)C12CCC(N(OCc3ccccc3)C1=O)C1(CC1)C2)C1CCC1. The zero-order valence-electron chi connectivity index (χ0n) is 18.7. The summed E-state index contributed by atoms with van der Waals surface area (Å²) in [7, 11) is 0. The Hall–Kier alpha value is -1.76. The zero-order chi connectivity index (χ0) is 21.7. The largest absolute Gasteiger partial charge is 0.302 e. The second-order valence-corrected chi connectivity index (χ2v) is 10.9. The molecule has 3 aliphatic carbocycles. The fourth-order valence-corrected chi connectivity index (χ4v) is 6.18. The van der Waals surface area contributed by atoms with Crippen molar-refractivity contribution >= 4 is 12.2 Å². The molecule has 2 saturated heterocycles. The minimum atomic E-state index is -0.730. The van der Waals surface area contributed by atoms with Crippen molar-refractivity contribution in [2.75, 3.05) is 0 Å². The molecule has 6 rings (SSSR count). The summed E-state index contributed by atoms with van der Waals surface area (Å²) < 4.78 is 0. The van der Waals surface area contributed by atoms with Gasteiger partial charge in [0.05, 0.1) is 17.5 Å². The molecule has 2 heterocycles. The van der Waals surface area contributed by atoms with Crippen LogP contribution in [0.4, 0.5) is 0 Å². The van der Waals surface area contributed by atoms with Gasteiger partial charge in [0, 0.05) is 5.54 Å². The first-order valence-electron chi connectivity index (χ1n) is 11.9. The number of nitrogens with zero attached hydrogens (tertiary/aromatic N) is 1. The van der Waals surface area contributed by atoms with Crippen molar-refractivity contribution < 1.29 is 14.4 Å². The molecule has 2 N–H and O–H groups in total. The number of piperidine rings is 2. The van der Waals surface area contributed by atoms with Crippen LogP contribution in [-0.2, 0) is 21.0 Å². The Morgan fingerprint density at radius 2 is 1.94 bits per heavy atom. The number of carbonyl (C=O) groups is 2. The van der Waals surface area contributed by atoms with Crippen molar-refractivity contribution in [3.05, 3.63) is 35.9 Å². The van der Waals surface area contributed by atoms with Crippen LogP contribution in [0, 0.1) is 16.7 Å². The second-order valence-electron chi connectivity index (χ2n) is 10.9. The van der Waals surface area contributed by atoms with Gasteiger partial charge in [-0.1, -0.05) is 36.8 Å². The van der Waals surface area contributed by atoms with E-state index in [2.05, 4.69) is 24.7 Å². The summed E-state index contributed by atoms with van der Waals surface area (Å²) in [6.07, 6.45) is 9.30. The van der Waals surface area contributed by atoms with Crippen molar-refractivity contribution in [2.45, 2.75) is 89.4 Å². The van der Waals surface area contributed by atoms with Crippen LogP contribution in [0.5, 0.6) is 0 Å². The maximum Gasteiger partial charge on any atom is 0.254 e. The highest BCUT2D eigenvalue weighted by atomic mass is 16.7. The number of fused-ring (bicyclic) bond motifs is 2. The Balaban J connectivity index is 1.34. The molecule has 1 aromatic carbocycles. The third-order valence-electron chi connectivity index (χ3n) is 8.66.